The summed E-state index contributed by atoms with van der Waals surface area (Å²) in [6, 6.07) is 10.8. The SMILES string of the molecule is CCOC(=O)c1c(-c2ccccc2)oc2cc[n+]([O-])cc12. The van der Waals surface area contributed by atoms with Crippen LogP contribution in [0.1, 0.15) is 17.3 Å². The highest BCUT2D eigenvalue weighted by molar-refractivity contribution is 6.08. The van der Waals surface area contributed by atoms with Crippen molar-refractivity contribution in [2.75, 3.05) is 6.61 Å². The van der Waals surface area contributed by atoms with E-state index in [0.717, 1.165) is 5.56 Å². The molecule has 106 valence electrons. The second-order valence-corrected chi connectivity index (χ2v) is 4.48. The number of pyridine rings is 1. The minimum Gasteiger partial charge on any atom is -0.619 e. The Morgan fingerprint density at radius 3 is 2.76 bits per heavy atom. The van der Waals surface area contributed by atoms with Crippen LogP contribution in [-0.4, -0.2) is 12.6 Å². The lowest BCUT2D eigenvalue weighted by Crippen LogP contribution is -2.23. The number of ether oxygens (including phenoxy) is 1. The maximum Gasteiger partial charge on any atom is 0.342 e. The number of fused-ring (bicyclic) bond motifs is 1. The summed E-state index contributed by atoms with van der Waals surface area (Å²) in [5.41, 5.74) is 1.52. The average Bonchev–Trinajstić information content (AvgIpc) is 2.87. The van der Waals surface area contributed by atoms with Crippen LogP contribution in [0.2, 0.25) is 0 Å². The van der Waals surface area contributed by atoms with Gasteiger partial charge in [0.1, 0.15) is 22.3 Å². The van der Waals surface area contributed by atoms with Gasteiger partial charge in [-0.15, -0.1) is 0 Å². The van der Waals surface area contributed by atoms with Crippen molar-refractivity contribution in [3.05, 3.63) is 59.6 Å². The lowest BCUT2D eigenvalue weighted by atomic mass is 10.1. The Kier molecular flexibility index (Phi) is 3.31. The van der Waals surface area contributed by atoms with E-state index in [1.165, 1.54) is 18.5 Å². The quantitative estimate of drug-likeness (QED) is 0.421. The second-order valence-electron chi connectivity index (χ2n) is 4.48. The molecule has 0 saturated carbocycles. The zero-order valence-electron chi connectivity index (χ0n) is 11.4. The molecule has 0 aliphatic heterocycles. The van der Waals surface area contributed by atoms with Gasteiger partial charge in [0.2, 0.25) is 0 Å². The normalized spacial score (nSPS) is 10.7. The Bertz CT molecular complexity index is 793. The van der Waals surface area contributed by atoms with Crippen molar-refractivity contribution >= 4 is 16.9 Å². The van der Waals surface area contributed by atoms with Gasteiger partial charge in [-0.3, -0.25) is 0 Å². The van der Waals surface area contributed by atoms with Crippen LogP contribution in [0.4, 0.5) is 0 Å². The number of esters is 1. The van der Waals surface area contributed by atoms with E-state index in [0.29, 0.717) is 21.5 Å². The predicted molar refractivity (Wildman–Crippen MR) is 76.6 cm³/mol. The molecule has 0 spiro atoms. The first-order valence-electron chi connectivity index (χ1n) is 6.58. The molecule has 1 aromatic carbocycles. The van der Waals surface area contributed by atoms with E-state index in [9.17, 15) is 10.0 Å². The van der Waals surface area contributed by atoms with Gasteiger partial charge in [0.25, 0.3) is 0 Å². The number of hydrogen-bond acceptors (Lipinski definition) is 4. The van der Waals surface area contributed by atoms with Gasteiger partial charge in [-0.05, 0) is 6.92 Å². The minimum absolute atomic E-state index is 0.254. The minimum atomic E-state index is -0.499. The molecule has 0 radical (unpaired) electrons. The van der Waals surface area contributed by atoms with Crippen LogP contribution in [0.5, 0.6) is 0 Å². The summed E-state index contributed by atoms with van der Waals surface area (Å²) < 4.78 is 11.5. The van der Waals surface area contributed by atoms with E-state index >= 15 is 0 Å². The van der Waals surface area contributed by atoms with Gasteiger partial charge in [0, 0.05) is 11.6 Å². The molecule has 0 fully saturated rings. The van der Waals surface area contributed by atoms with E-state index in [-0.39, 0.29) is 12.2 Å². The van der Waals surface area contributed by atoms with Crippen molar-refractivity contribution in [1.82, 2.24) is 0 Å². The molecular formula is C16H13NO4. The maximum atomic E-state index is 12.2. The first kappa shape index (κ1) is 13.2. The summed E-state index contributed by atoms with van der Waals surface area (Å²) in [5, 5.41) is 11.9. The molecule has 0 aliphatic rings. The van der Waals surface area contributed by atoms with E-state index in [4.69, 9.17) is 9.15 Å². The molecule has 3 aromatic rings. The summed E-state index contributed by atoms with van der Waals surface area (Å²) in [4.78, 5) is 12.2. The van der Waals surface area contributed by atoms with Crippen LogP contribution in [-0.2, 0) is 4.74 Å². The van der Waals surface area contributed by atoms with Gasteiger partial charge < -0.3 is 14.4 Å². The Hall–Kier alpha value is -2.82. The smallest absolute Gasteiger partial charge is 0.342 e. The van der Waals surface area contributed by atoms with Gasteiger partial charge in [0.05, 0.1) is 6.61 Å². The van der Waals surface area contributed by atoms with Crippen LogP contribution >= 0.6 is 0 Å². The van der Waals surface area contributed by atoms with Gasteiger partial charge in [-0.2, -0.15) is 4.73 Å². The summed E-state index contributed by atoms with van der Waals surface area (Å²) in [6.45, 7) is 1.99. The fraction of sp³-hybridized carbons (Fsp3) is 0.125. The fourth-order valence-electron chi connectivity index (χ4n) is 2.22. The summed E-state index contributed by atoms with van der Waals surface area (Å²) >= 11 is 0. The number of hydrogen-bond donors (Lipinski definition) is 0. The van der Waals surface area contributed by atoms with E-state index < -0.39 is 5.97 Å². The van der Waals surface area contributed by atoms with Crippen molar-refractivity contribution < 1.29 is 18.7 Å². The van der Waals surface area contributed by atoms with Gasteiger partial charge in [0.15, 0.2) is 12.4 Å². The van der Waals surface area contributed by atoms with Crippen molar-refractivity contribution in [2.45, 2.75) is 6.92 Å². The number of furan rings is 1. The molecule has 0 unspecified atom stereocenters. The highest BCUT2D eigenvalue weighted by atomic mass is 16.5. The number of nitrogens with zero attached hydrogens (tertiary/aromatic N) is 1. The number of rotatable bonds is 3. The van der Waals surface area contributed by atoms with E-state index in [1.54, 1.807) is 6.92 Å². The molecule has 0 atom stereocenters. The van der Waals surface area contributed by atoms with Crippen LogP contribution in [0.3, 0.4) is 0 Å². The van der Waals surface area contributed by atoms with Crippen LogP contribution in [0.25, 0.3) is 22.3 Å². The van der Waals surface area contributed by atoms with Gasteiger partial charge in [-0.25, -0.2) is 4.79 Å². The Morgan fingerprint density at radius 2 is 2.05 bits per heavy atom. The van der Waals surface area contributed by atoms with Gasteiger partial charge in [-0.1, -0.05) is 30.3 Å². The zero-order chi connectivity index (χ0) is 14.8. The largest absolute Gasteiger partial charge is 0.619 e. The maximum absolute atomic E-state index is 12.2. The molecule has 2 aromatic heterocycles. The molecule has 0 aliphatic carbocycles. The lowest BCUT2D eigenvalue weighted by Gasteiger charge is -2.03. The van der Waals surface area contributed by atoms with Crippen LogP contribution in [0, 0.1) is 5.21 Å². The average molecular weight is 283 g/mol. The van der Waals surface area contributed by atoms with Gasteiger partial charge >= 0.3 is 5.97 Å². The Morgan fingerprint density at radius 1 is 1.29 bits per heavy atom. The molecule has 0 saturated heterocycles. The first-order chi connectivity index (χ1) is 10.2. The molecule has 5 heteroatoms. The third-order valence-electron chi connectivity index (χ3n) is 3.12. The molecule has 0 bridgehead atoms. The zero-order valence-corrected chi connectivity index (χ0v) is 11.4. The fourth-order valence-corrected chi connectivity index (χ4v) is 2.22. The van der Waals surface area contributed by atoms with Crippen molar-refractivity contribution in [1.29, 1.82) is 0 Å². The molecule has 2 heterocycles. The second kappa shape index (κ2) is 5.28. The standard InChI is InChI=1S/C16H13NO4/c1-2-20-16(18)14-12-10-17(19)9-8-13(12)21-15(14)11-6-4-3-5-7-11/h3-10H,2H2,1H3. The topological polar surface area (TPSA) is 66.4 Å². The highest BCUT2D eigenvalue weighted by Crippen LogP contribution is 2.33. The highest BCUT2D eigenvalue weighted by Gasteiger charge is 2.24. The summed E-state index contributed by atoms with van der Waals surface area (Å²) in [6.07, 6.45) is 2.65. The number of carbonyl (C=O) groups is 1. The van der Waals surface area contributed by atoms with Crippen LogP contribution in [0.15, 0.2) is 53.2 Å². The van der Waals surface area contributed by atoms with Crippen molar-refractivity contribution in [3.63, 3.8) is 0 Å². The molecule has 0 N–H and O–H groups in total. The monoisotopic (exact) mass is 283 g/mol. The molecule has 3 rings (SSSR count). The Labute approximate surface area is 121 Å². The molecular weight excluding hydrogens is 270 g/mol. The number of benzene rings is 1. The summed E-state index contributed by atoms with van der Waals surface area (Å²) in [5.74, 6) is -0.0865. The summed E-state index contributed by atoms with van der Waals surface area (Å²) in [7, 11) is 0. The van der Waals surface area contributed by atoms with Crippen molar-refractivity contribution in [3.8, 4) is 11.3 Å². The van der Waals surface area contributed by atoms with Crippen LogP contribution < -0.4 is 4.73 Å². The third kappa shape index (κ3) is 2.33. The molecule has 5 nitrogen and oxygen atoms in total. The predicted octanol–water partition coefficient (Wildman–Crippen LogP) is 2.91. The first-order valence-corrected chi connectivity index (χ1v) is 6.58. The lowest BCUT2D eigenvalue weighted by molar-refractivity contribution is -0.603. The van der Waals surface area contributed by atoms with E-state index in [2.05, 4.69) is 0 Å². The number of aromatic nitrogens is 1. The van der Waals surface area contributed by atoms with Crippen molar-refractivity contribution in [2.24, 2.45) is 0 Å². The van der Waals surface area contributed by atoms with E-state index in [1.807, 2.05) is 30.3 Å². The number of carbonyl (C=O) groups excluding carboxylic acids is 1. The molecule has 0 amide bonds. The molecule has 21 heavy (non-hydrogen) atoms. The Balaban J connectivity index is 2.28. The third-order valence-corrected chi connectivity index (χ3v) is 3.12.